The molecular weight excluding hydrogens is 240 g/mol. The van der Waals surface area contributed by atoms with Crippen LogP contribution in [0.15, 0.2) is 48.5 Å². The SMILES string of the molecule is N#Cc1cccc(COC(=O)c2ccccc2N)c1. The molecule has 0 heterocycles. The van der Waals surface area contributed by atoms with Gasteiger partial charge >= 0.3 is 5.97 Å². The molecule has 0 saturated carbocycles. The van der Waals surface area contributed by atoms with Crippen LogP contribution in [-0.4, -0.2) is 5.97 Å². The fourth-order valence-corrected chi connectivity index (χ4v) is 1.64. The lowest BCUT2D eigenvalue weighted by Crippen LogP contribution is -2.08. The van der Waals surface area contributed by atoms with Gasteiger partial charge in [-0.1, -0.05) is 24.3 Å². The summed E-state index contributed by atoms with van der Waals surface area (Å²) in [6.45, 7) is 0.114. The molecule has 2 N–H and O–H groups in total. The molecule has 0 aliphatic carbocycles. The third kappa shape index (κ3) is 3.11. The number of ether oxygens (including phenoxy) is 1. The van der Waals surface area contributed by atoms with E-state index in [-0.39, 0.29) is 6.61 Å². The largest absolute Gasteiger partial charge is 0.457 e. The predicted molar refractivity (Wildman–Crippen MR) is 71.1 cm³/mol. The van der Waals surface area contributed by atoms with Gasteiger partial charge in [0.15, 0.2) is 0 Å². The van der Waals surface area contributed by atoms with Crippen LogP contribution in [0.1, 0.15) is 21.5 Å². The van der Waals surface area contributed by atoms with Crippen molar-refractivity contribution in [2.45, 2.75) is 6.61 Å². The van der Waals surface area contributed by atoms with Crippen molar-refractivity contribution in [3.8, 4) is 6.07 Å². The predicted octanol–water partition coefficient (Wildman–Crippen LogP) is 2.50. The minimum atomic E-state index is -0.472. The third-order valence-electron chi connectivity index (χ3n) is 2.61. The van der Waals surface area contributed by atoms with Crippen molar-refractivity contribution in [3.63, 3.8) is 0 Å². The summed E-state index contributed by atoms with van der Waals surface area (Å²) < 4.78 is 5.17. The van der Waals surface area contributed by atoms with Crippen LogP contribution in [0.4, 0.5) is 5.69 Å². The van der Waals surface area contributed by atoms with Gasteiger partial charge in [-0.2, -0.15) is 5.26 Å². The van der Waals surface area contributed by atoms with E-state index in [2.05, 4.69) is 0 Å². The highest BCUT2D eigenvalue weighted by Gasteiger charge is 2.10. The summed E-state index contributed by atoms with van der Waals surface area (Å²) in [7, 11) is 0. The Balaban J connectivity index is 2.05. The van der Waals surface area contributed by atoms with Crippen molar-refractivity contribution in [2.75, 3.05) is 5.73 Å². The molecular formula is C15H12N2O2. The molecule has 4 heteroatoms. The van der Waals surface area contributed by atoms with E-state index in [1.54, 1.807) is 48.5 Å². The summed E-state index contributed by atoms with van der Waals surface area (Å²) in [5, 5.41) is 8.78. The molecule has 4 nitrogen and oxygen atoms in total. The Labute approximate surface area is 111 Å². The second kappa shape index (κ2) is 5.69. The summed E-state index contributed by atoms with van der Waals surface area (Å²) in [5.74, 6) is -0.472. The van der Waals surface area contributed by atoms with E-state index in [1.165, 1.54) is 0 Å². The molecule has 0 atom stereocenters. The second-order valence-corrected chi connectivity index (χ2v) is 3.98. The Morgan fingerprint density at radius 1 is 1.21 bits per heavy atom. The van der Waals surface area contributed by atoms with E-state index in [9.17, 15) is 4.79 Å². The fourth-order valence-electron chi connectivity index (χ4n) is 1.64. The highest BCUT2D eigenvalue weighted by molar-refractivity contribution is 5.94. The average molecular weight is 252 g/mol. The van der Waals surface area contributed by atoms with E-state index < -0.39 is 5.97 Å². The number of anilines is 1. The number of nitrogens with zero attached hydrogens (tertiary/aromatic N) is 1. The van der Waals surface area contributed by atoms with Crippen LogP contribution in [-0.2, 0) is 11.3 Å². The molecule has 0 fully saturated rings. The smallest absolute Gasteiger partial charge is 0.340 e. The number of carbonyl (C=O) groups is 1. The Morgan fingerprint density at radius 3 is 2.74 bits per heavy atom. The zero-order valence-electron chi connectivity index (χ0n) is 10.2. The number of hydrogen-bond donors (Lipinski definition) is 1. The monoisotopic (exact) mass is 252 g/mol. The number of hydrogen-bond acceptors (Lipinski definition) is 4. The lowest BCUT2D eigenvalue weighted by molar-refractivity contribution is 0.0474. The van der Waals surface area contributed by atoms with Gasteiger partial charge in [-0.3, -0.25) is 0 Å². The van der Waals surface area contributed by atoms with Gasteiger partial charge < -0.3 is 10.5 Å². The third-order valence-corrected chi connectivity index (χ3v) is 2.61. The summed E-state index contributed by atoms with van der Waals surface area (Å²) in [4.78, 5) is 11.8. The first-order chi connectivity index (χ1) is 9.20. The van der Waals surface area contributed by atoms with Crippen LogP contribution in [0, 0.1) is 11.3 Å². The minimum absolute atomic E-state index is 0.114. The summed E-state index contributed by atoms with van der Waals surface area (Å²) >= 11 is 0. The molecule has 0 saturated heterocycles. The van der Waals surface area contributed by atoms with Crippen molar-refractivity contribution in [1.82, 2.24) is 0 Å². The first-order valence-electron chi connectivity index (χ1n) is 5.71. The molecule has 2 rings (SSSR count). The summed E-state index contributed by atoms with van der Waals surface area (Å²) in [6, 6.07) is 15.7. The van der Waals surface area contributed by atoms with E-state index in [1.807, 2.05) is 6.07 Å². The number of carbonyl (C=O) groups excluding carboxylic acids is 1. The highest BCUT2D eigenvalue weighted by atomic mass is 16.5. The molecule has 2 aromatic rings. The number of nitrogens with two attached hydrogens (primary N) is 1. The quantitative estimate of drug-likeness (QED) is 0.672. The minimum Gasteiger partial charge on any atom is -0.457 e. The zero-order valence-corrected chi connectivity index (χ0v) is 10.2. The normalized spacial score (nSPS) is 9.63. The molecule has 0 bridgehead atoms. The van der Waals surface area contributed by atoms with E-state index >= 15 is 0 Å². The number of benzene rings is 2. The Hall–Kier alpha value is -2.80. The summed E-state index contributed by atoms with van der Waals surface area (Å²) in [5.41, 5.74) is 7.73. The summed E-state index contributed by atoms with van der Waals surface area (Å²) in [6.07, 6.45) is 0. The molecule has 0 aromatic heterocycles. The van der Waals surface area contributed by atoms with Crippen molar-refractivity contribution in [1.29, 1.82) is 5.26 Å². The molecule has 0 aliphatic rings. The molecule has 94 valence electrons. The van der Waals surface area contributed by atoms with Gasteiger partial charge in [-0.15, -0.1) is 0 Å². The van der Waals surface area contributed by atoms with Gasteiger partial charge in [0.1, 0.15) is 6.61 Å². The van der Waals surface area contributed by atoms with Crippen LogP contribution < -0.4 is 5.73 Å². The van der Waals surface area contributed by atoms with Crippen LogP contribution in [0.25, 0.3) is 0 Å². The number of esters is 1. The molecule has 2 aromatic carbocycles. The molecule has 0 aliphatic heterocycles. The van der Waals surface area contributed by atoms with Crippen molar-refractivity contribution < 1.29 is 9.53 Å². The number of nitriles is 1. The Bertz CT molecular complexity index is 645. The molecule has 0 spiro atoms. The standard InChI is InChI=1S/C15H12N2O2/c16-9-11-4-3-5-12(8-11)10-19-15(18)13-6-1-2-7-14(13)17/h1-8H,10,17H2. The van der Waals surface area contributed by atoms with Gasteiger partial charge in [0, 0.05) is 5.69 Å². The second-order valence-electron chi connectivity index (χ2n) is 3.98. The maximum Gasteiger partial charge on any atom is 0.340 e. The van der Waals surface area contributed by atoms with Crippen LogP contribution >= 0.6 is 0 Å². The lowest BCUT2D eigenvalue weighted by Gasteiger charge is -2.07. The molecule has 19 heavy (non-hydrogen) atoms. The number of nitrogen functional groups attached to an aromatic ring is 1. The Kier molecular flexibility index (Phi) is 3.79. The zero-order chi connectivity index (χ0) is 13.7. The molecule has 0 amide bonds. The van der Waals surface area contributed by atoms with Gasteiger partial charge in [0.05, 0.1) is 17.2 Å². The van der Waals surface area contributed by atoms with Gasteiger partial charge in [0.2, 0.25) is 0 Å². The van der Waals surface area contributed by atoms with Gasteiger partial charge in [0.25, 0.3) is 0 Å². The van der Waals surface area contributed by atoms with Crippen LogP contribution in [0.2, 0.25) is 0 Å². The molecule has 0 radical (unpaired) electrons. The topological polar surface area (TPSA) is 76.1 Å². The highest BCUT2D eigenvalue weighted by Crippen LogP contribution is 2.13. The number of para-hydroxylation sites is 1. The van der Waals surface area contributed by atoms with E-state index in [4.69, 9.17) is 15.7 Å². The first-order valence-corrected chi connectivity index (χ1v) is 5.71. The van der Waals surface area contributed by atoms with Crippen molar-refractivity contribution in [3.05, 3.63) is 65.2 Å². The number of rotatable bonds is 3. The fraction of sp³-hybridized carbons (Fsp3) is 0.0667. The average Bonchev–Trinajstić information content (AvgIpc) is 2.45. The lowest BCUT2D eigenvalue weighted by atomic mass is 10.1. The van der Waals surface area contributed by atoms with Crippen molar-refractivity contribution in [2.24, 2.45) is 0 Å². The van der Waals surface area contributed by atoms with Gasteiger partial charge in [-0.25, -0.2) is 4.79 Å². The first kappa shape index (κ1) is 12.7. The maximum atomic E-state index is 11.8. The van der Waals surface area contributed by atoms with Gasteiger partial charge in [-0.05, 0) is 29.8 Å². The molecule has 0 unspecified atom stereocenters. The maximum absolute atomic E-state index is 11.8. The Morgan fingerprint density at radius 2 is 2.00 bits per heavy atom. The van der Waals surface area contributed by atoms with E-state index in [0.717, 1.165) is 5.56 Å². The van der Waals surface area contributed by atoms with Crippen LogP contribution in [0.5, 0.6) is 0 Å². The van der Waals surface area contributed by atoms with Crippen molar-refractivity contribution >= 4 is 11.7 Å². The van der Waals surface area contributed by atoms with E-state index in [0.29, 0.717) is 16.8 Å². The van der Waals surface area contributed by atoms with Crippen LogP contribution in [0.3, 0.4) is 0 Å².